The minimum atomic E-state index is -0.491. The molecule has 2 aromatic heterocycles. The van der Waals surface area contributed by atoms with E-state index in [1.807, 2.05) is 25.1 Å². The zero-order valence-electron chi connectivity index (χ0n) is 15.0. The Kier molecular flexibility index (Phi) is 5.66. The fourth-order valence-electron chi connectivity index (χ4n) is 2.60. The lowest BCUT2D eigenvalue weighted by molar-refractivity contribution is -0.144. The lowest BCUT2D eigenvalue weighted by Crippen LogP contribution is -2.25. The van der Waals surface area contributed by atoms with Gasteiger partial charge in [-0.15, -0.1) is 11.3 Å². The molecule has 0 fully saturated rings. The monoisotopic (exact) mass is 385 g/mol. The molecule has 0 bridgehead atoms. The van der Waals surface area contributed by atoms with Crippen LogP contribution in [0.1, 0.15) is 28.6 Å². The summed E-state index contributed by atoms with van der Waals surface area (Å²) < 4.78 is 6.22. The van der Waals surface area contributed by atoms with Gasteiger partial charge < -0.3 is 10.1 Å². The molecule has 0 aliphatic carbocycles. The Balaban J connectivity index is 1.90. The number of fused-ring (bicyclic) bond motifs is 1. The summed E-state index contributed by atoms with van der Waals surface area (Å²) in [5.74, 6) is -0.787. The molecule has 0 saturated carbocycles. The van der Waals surface area contributed by atoms with Crippen molar-refractivity contribution < 1.29 is 14.3 Å². The fraction of sp³-hybridized carbons (Fsp3) is 0.263. The number of carbonyl (C=O) groups excluding carboxylic acids is 2. The second-order valence-electron chi connectivity index (χ2n) is 5.95. The van der Waals surface area contributed by atoms with Crippen LogP contribution in [-0.4, -0.2) is 28.0 Å². The molecule has 1 N–H and O–H groups in total. The molecule has 0 aliphatic heterocycles. The molecule has 1 amide bonds. The molecule has 0 atom stereocenters. The van der Waals surface area contributed by atoms with E-state index in [2.05, 4.69) is 10.3 Å². The van der Waals surface area contributed by atoms with Crippen LogP contribution in [0.4, 0.5) is 5.69 Å². The van der Waals surface area contributed by atoms with E-state index < -0.39 is 5.97 Å². The van der Waals surface area contributed by atoms with Gasteiger partial charge in [-0.2, -0.15) is 0 Å². The number of hydrogen-bond donors (Lipinski definition) is 1. The van der Waals surface area contributed by atoms with Gasteiger partial charge in [-0.05, 0) is 31.0 Å². The van der Waals surface area contributed by atoms with E-state index >= 15 is 0 Å². The SMILES string of the molecule is CCCOC(=O)Cn1cnc2sc(C(=O)Nc3ccccc3)c(C)c2c1=O. The van der Waals surface area contributed by atoms with Crippen molar-refractivity contribution in [1.29, 1.82) is 0 Å². The number of carbonyl (C=O) groups is 2. The highest BCUT2D eigenvalue weighted by Crippen LogP contribution is 2.27. The number of aromatic nitrogens is 2. The highest BCUT2D eigenvalue weighted by atomic mass is 32.1. The number of thiophene rings is 1. The second-order valence-corrected chi connectivity index (χ2v) is 6.95. The molecule has 0 saturated heterocycles. The van der Waals surface area contributed by atoms with E-state index in [1.165, 1.54) is 10.9 Å². The lowest BCUT2D eigenvalue weighted by atomic mass is 10.2. The van der Waals surface area contributed by atoms with Gasteiger partial charge in [0.2, 0.25) is 0 Å². The summed E-state index contributed by atoms with van der Waals surface area (Å²) in [6, 6.07) is 9.08. The van der Waals surface area contributed by atoms with Crippen LogP contribution in [0, 0.1) is 6.92 Å². The number of nitrogens with one attached hydrogen (secondary N) is 1. The number of amides is 1. The zero-order valence-corrected chi connectivity index (χ0v) is 15.8. The van der Waals surface area contributed by atoms with Gasteiger partial charge in [0.15, 0.2) is 0 Å². The minimum absolute atomic E-state index is 0.206. The van der Waals surface area contributed by atoms with Gasteiger partial charge >= 0.3 is 5.97 Å². The van der Waals surface area contributed by atoms with Gasteiger partial charge in [0, 0.05) is 5.69 Å². The second kappa shape index (κ2) is 8.13. The van der Waals surface area contributed by atoms with Crippen molar-refractivity contribution in [2.75, 3.05) is 11.9 Å². The van der Waals surface area contributed by atoms with Crippen molar-refractivity contribution >= 4 is 39.1 Å². The van der Waals surface area contributed by atoms with E-state index in [1.54, 1.807) is 19.1 Å². The van der Waals surface area contributed by atoms with Gasteiger partial charge in [0.05, 0.1) is 23.2 Å². The summed E-state index contributed by atoms with van der Waals surface area (Å²) in [5.41, 5.74) is 0.863. The molecular weight excluding hydrogens is 366 g/mol. The first-order chi connectivity index (χ1) is 13.0. The topological polar surface area (TPSA) is 90.3 Å². The van der Waals surface area contributed by atoms with Crippen molar-refractivity contribution in [3.63, 3.8) is 0 Å². The number of nitrogens with zero attached hydrogens (tertiary/aromatic N) is 2. The summed E-state index contributed by atoms with van der Waals surface area (Å²) in [7, 11) is 0. The highest BCUT2D eigenvalue weighted by molar-refractivity contribution is 7.20. The molecule has 140 valence electrons. The first-order valence-corrected chi connectivity index (χ1v) is 9.33. The average Bonchev–Trinajstić information content (AvgIpc) is 3.00. The molecule has 1 aromatic carbocycles. The third-order valence-electron chi connectivity index (χ3n) is 3.92. The Morgan fingerprint density at radius 2 is 2.00 bits per heavy atom. The van der Waals surface area contributed by atoms with E-state index in [0.29, 0.717) is 39.4 Å². The predicted octanol–water partition coefficient (Wildman–Crippen LogP) is 2.97. The summed E-state index contributed by atoms with van der Waals surface area (Å²) in [4.78, 5) is 42.2. The van der Waals surface area contributed by atoms with E-state index in [4.69, 9.17) is 4.74 Å². The highest BCUT2D eigenvalue weighted by Gasteiger charge is 2.20. The van der Waals surface area contributed by atoms with E-state index in [9.17, 15) is 14.4 Å². The molecule has 3 aromatic rings. The van der Waals surface area contributed by atoms with Gasteiger partial charge in [-0.3, -0.25) is 19.0 Å². The Morgan fingerprint density at radius 1 is 1.26 bits per heavy atom. The number of ether oxygens (including phenoxy) is 1. The zero-order chi connectivity index (χ0) is 19.4. The third kappa shape index (κ3) is 4.06. The Labute approximate surface area is 159 Å². The summed E-state index contributed by atoms with van der Waals surface area (Å²) in [6.07, 6.45) is 2.02. The number of para-hydroxylation sites is 1. The molecule has 7 nitrogen and oxygen atoms in total. The van der Waals surface area contributed by atoms with Crippen molar-refractivity contribution in [3.05, 3.63) is 57.5 Å². The fourth-order valence-corrected chi connectivity index (χ4v) is 3.63. The number of benzene rings is 1. The Bertz CT molecular complexity index is 1040. The van der Waals surface area contributed by atoms with Crippen LogP contribution < -0.4 is 10.9 Å². The van der Waals surface area contributed by atoms with Gasteiger partial charge in [-0.25, -0.2) is 4.98 Å². The first-order valence-electron chi connectivity index (χ1n) is 8.51. The molecule has 3 rings (SSSR count). The normalized spacial score (nSPS) is 10.7. The molecule has 0 aliphatic rings. The van der Waals surface area contributed by atoms with Gasteiger partial charge in [0.1, 0.15) is 11.4 Å². The summed E-state index contributed by atoms with van der Waals surface area (Å²) >= 11 is 1.15. The maximum atomic E-state index is 12.7. The number of anilines is 1. The number of esters is 1. The van der Waals surface area contributed by atoms with Crippen LogP contribution in [0.3, 0.4) is 0 Å². The van der Waals surface area contributed by atoms with Crippen LogP contribution in [-0.2, 0) is 16.1 Å². The molecular formula is C19H19N3O4S. The number of hydrogen-bond acceptors (Lipinski definition) is 6. The van der Waals surface area contributed by atoms with Gasteiger partial charge in [-0.1, -0.05) is 25.1 Å². The van der Waals surface area contributed by atoms with Crippen LogP contribution in [0.5, 0.6) is 0 Å². The van der Waals surface area contributed by atoms with E-state index in [0.717, 1.165) is 11.3 Å². The maximum Gasteiger partial charge on any atom is 0.326 e. The van der Waals surface area contributed by atoms with Crippen LogP contribution in [0.15, 0.2) is 41.5 Å². The predicted molar refractivity (Wildman–Crippen MR) is 104 cm³/mol. The minimum Gasteiger partial charge on any atom is -0.464 e. The largest absolute Gasteiger partial charge is 0.464 e. The molecule has 27 heavy (non-hydrogen) atoms. The van der Waals surface area contributed by atoms with Crippen molar-refractivity contribution in [2.24, 2.45) is 0 Å². The summed E-state index contributed by atoms with van der Waals surface area (Å²) in [5, 5.41) is 3.16. The van der Waals surface area contributed by atoms with E-state index in [-0.39, 0.29) is 18.0 Å². The smallest absolute Gasteiger partial charge is 0.326 e. The number of rotatable bonds is 6. The lowest BCUT2D eigenvalue weighted by Gasteiger charge is -2.06. The van der Waals surface area contributed by atoms with Crippen molar-refractivity contribution in [1.82, 2.24) is 9.55 Å². The maximum absolute atomic E-state index is 12.7. The molecule has 0 unspecified atom stereocenters. The van der Waals surface area contributed by atoms with Crippen LogP contribution >= 0.6 is 11.3 Å². The molecule has 2 heterocycles. The van der Waals surface area contributed by atoms with Crippen molar-refractivity contribution in [3.8, 4) is 0 Å². The Hall–Kier alpha value is -3.00. The summed E-state index contributed by atoms with van der Waals surface area (Å²) in [6.45, 7) is 3.71. The average molecular weight is 385 g/mol. The van der Waals surface area contributed by atoms with Crippen LogP contribution in [0.25, 0.3) is 10.2 Å². The third-order valence-corrected chi connectivity index (χ3v) is 5.12. The standard InChI is InChI=1S/C19H19N3O4S/c1-3-9-26-14(23)10-22-11-20-18-15(19(22)25)12(2)16(27-18)17(24)21-13-7-5-4-6-8-13/h4-8,11H,3,9-10H2,1-2H3,(H,21,24). The number of aryl methyl sites for hydroxylation is 1. The molecule has 0 spiro atoms. The first kappa shape index (κ1) is 18.8. The van der Waals surface area contributed by atoms with Crippen molar-refractivity contribution in [2.45, 2.75) is 26.8 Å². The van der Waals surface area contributed by atoms with Gasteiger partial charge in [0.25, 0.3) is 11.5 Å². The molecule has 0 radical (unpaired) electrons. The quantitative estimate of drug-likeness (QED) is 0.659. The Morgan fingerprint density at radius 3 is 2.70 bits per heavy atom. The van der Waals surface area contributed by atoms with Crippen LogP contribution in [0.2, 0.25) is 0 Å². The molecule has 8 heteroatoms.